The van der Waals surface area contributed by atoms with Gasteiger partial charge in [0.15, 0.2) is 0 Å². The fourth-order valence-corrected chi connectivity index (χ4v) is 3.61. The van der Waals surface area contributed by atoms with E-state index in [0.29, 0.717) is 10.0 Å². The van der Waals surface area contributed by atoms with E-state index in [2.05, 4.69) is 21.2 Å². The monoisotopic (exact) mass is 362 g/mol. The van der Waals surface area contributed by atoms with Gasteiger partial charge >= 0.3 is 0 Å². The highest BCUT2D eigenvalue weighted by molar-refractivity contribution is 9.10. The number of hydrogen-bond acceptors (Lipinski definition) is 2. The van der Waals surface area contributed by atoms with Crippen LogP contribution in [0.1, 0.15) is 23.2 Å². The van der Waals surface area contributed by atoms with Crippen LogP contribution in [0.5, 0.6) is 0 Å². The van der Waals surface area contributed by atoms with Crippen LogP contribution in [0.2, 0.25) is 0 Å². The summed E-state index contributed by atoms with van der Waals surface area (Å²) in [5.41, 5.74) is 0.812. The molecule has 6 heteroatoms. The van der Waals surface area contributed by atoms with E-state index in [0.717, 1.165) is 39.0 Å². The minimum atomic E-state index is -0.332. The van der Waals surface area contributed by atoms with Crippen LogP contribution < -0.4 is 5.32 Å². The largest absolute Gasteiger partial charge is 0.338 e. The predicted molar refractivity (Wildman–Crippen MR) is 81.8 cm³/mol. The van der Waals surface area contributed by atoms with E-state index in [9.17, 15) is 9.18 Å². The Morgan fingerprint density at radius 2 is 2.20 bits per heavy atom. The van der Waals surface area contributed by atoms with E-state index in [1.54, 1.807) is 6.07 Å². The molecule has 1 aromatic rings. The highest BCUT2D eigenvalue weighted by Gasteiger charge is 2.42. The van der Waals surface area contributed by atoms with Gasteiger partial charge < -0.3 is 10.2 Å². The smallest absolute Gasteiger partial charge is 0.255 e. The van der Waals surface area contributed by atoms with E-state index in [-0.39, 0.29) is 29.5 Å². The van der Waals surface area contributed by atoms with Gasteiger partial charge in [-0.3, -0.25) is 4.79 Å². The van der Waals surface area contributed by atoms with Gasteiger partial charge in [0.2, 0.25) is 0 Å². The second kappa shape index (κ2) is 6.00. The summed E-state index contributed by atoms with van der Waals surface area (Å²) in [4.78, 5) is 14.4. The molecule has 1 atom stereocenters. The number of carbonyl (C=O) groups is 1. The molecular weight excluding hydrogens is 347 g/mol. The lowest BCUT2D eigenvalue weighted by Crippen LogP contribution is -2.33. The summed E-state index contributed by atoms with van der Waals surface area (Å²) in [5.74, 6) is -0.336. The Balaban J connectivity index is 0.00000147. The maximum absolute atomic E-state index is 13.1. The van der Waals surface area contributed by atoms with E-state index in [1.165, 1.54) is 12.1 Å². The van der Waals surface area contributed by atoms with Gasteiger partial charge in [-0.1, -0.05) is 0 Å². The molecule has 1 unspecified atom stereocenters. The van der Waals surface area contributed by atoms with Crippen molar-refractivity contribution in [1.29, 1.82) is 0 Å². The van der Waals surface area contributed by atoms with Crippen molar-refractivity contribution in [2.45, 2.75) is 12.8 Å². The van der Waals surface area contributed by atoms with Crippen molar-refractivity contribution in [1.82, 2.24) is 10.2 Å². The third kappa shape index (κ3) is 2.85. The number of rotatable bonds is 1. The number of halogens is 3. The van der Waals surface area contributed by atoms with Crippen molar-refractivity contribution >= 4 is 34.2 Å². The number of benzene rings is 1. The third-order valence-corrected chi connectivity index (χ3v) is 4.88. The van der Waals surface area contributed by atoms with Crippen LogP contribution in [0.3, 0.4) is 0 Å². The molecule has 3 rings (SSSR count). The highest BCUT2D eigenvalue weighted by Crippen LogP contribution is 2.37. The lowest BCUT2D eigenvalue weighted by Gasteiger charge is -2.23. The summed E-state index contributed by atoms with van der Waals surface area (Å²) < 4.78 is 13.6. The quantitative estimate of drug-likeness (QED) is 0.832. The molecule has 0 aliphatic carbocycles. The predicted octanol–water partition coefficient (Wildman–Crippen LogP) is 2.84. The zero-order valence-corrected chi connectivity index (χ0v) is 13.4. The molecule has 0 bridgehead atoms. The van der Waals surface area contributed by atoms with Gasteiger partial charge in [-0.25, -0.2) is 4.39 Å². The summed E-state index contributed by atoms with van der Waals surface area (Å²) in [6, 6.07) is 4.23. The van der Waals surface area contributed by atoms with Crippen LogP contribution in [0.15, 0.2) is 22.7 Å². The lowest BCUT2D eigenvalue weighted by molar-refractivity contribution is 0.0775. The van der Waals surface area contributed by atoms with E-state index in [4.69, 9.17) is 0 Å². The van der Waals surface area contributed by atoms with Crippen LogP contribution in [0, 0.1) is 11.2 Å². The van der Waals surface area contributed by atoms with Crippen LogP contribution in [0.4, 0.5) is 4.39 Å². The molecule has 2 saturated heterocycles. The van der Waals surface area contributed by atoms with Crippen LogP contribution in [0.25, 0.3) is 0 Å². The molecule has 1 N–H and O–H groups in total. The van der Waals surface area contributed by atoms with Gasteiger partial charge in [-0.15, -0.1) is 12.4 Å². The van der Waals surface area contributed by atoms with Crippen molar-refractivity contribution in [2.24, 2.45) is 5.41 Å². The molecular formula is C14H17BrClFN2O. The van der Waals surface area contributed by atoms with Crippen molar-refractivity contribution in [3.8, 4) is 0 Å². The molecule has 20 heavy (non-hydrogen) atoms. The lowest BCUT2D eigenvalue weighted by atomic mass is 9.86. The van der Waals surface area contributed by atoms with Gasteiger partial charge in [-0.05, 0) is 53.5 Å². The Morgan fingerprint density at radius 3 is 2.85 bits per heavy atom. The summed E-state index contributed by atoms with van der Waals surface area (Å²) >= 11 is 3.27. The van der Waals surface area contributed by atoms with Crippen molar-refractivity contribution < 1.29 is 9.18 Å². The van der Waals surface area contributed by atoms with Gasteiger partial charge in [0.05, 0.1) is 5.56 Å². The molecule has 2 aliphatic rings. The maximum Gasteiger partial charge on any atom is 0.255 e. The molecule has 0 radical (unpaired) electrons. The van der Waals surface area contributed by atoms with Crippen LogP contribution in [-0.4, -0.2) is 37.0 Å². The summed E-state index contributed by atoms with van der Waals surface area (Å²) in [6.45, 7) is 3.65. The molecule has 3 nitrogen and oxygen atoms in total. The Hall–Kier alpha value is -0.650. The van der Waals surface area contributed by atoms with Gasteiger partial charge in [-0.2, -0.15) is 0 Å². The molecule has 1 amide bonds. The zero-order chi connectivity index (χ0) is 13.5. The standard InChI is InChI=1S/C14H16BrFN2O.ClH/c15-12-7-10(16)1-2-11(12)13(19)18-6-4-14(9-18)3-5-17-8-14;/h1-2,7,17H,3-6,8-9H2;1H. The van der Waals surface area contributed by atoms with Crippen molar-refractivity contribution in [3.63, 3.8) is 0 Å². The number of hydrogen-bond donors (Lipinski definition) is 1. The second-order valence-electron chi connectivity index (χ2n) is 5.53. The summed E-state index contributed by atoms with van der Waals surface area (Å²) in [6.07, 6.45) is 2.20. The molecule has 1 aromatic carbocycles. The highest BCUT2D eigenvalue weighted by atomic mass is 79.9. The fraction of sp³-hybridized carbons (Fsp3) is 0.500. The average Bonchev–Trinajstić information content (AvgIpc) is 3.00. The van der Waals surface area contributed by atoms with Crippen molar-refractivity contribution in [3.05, 3.63) is 34.1 Å². The topological polar surface area (TPSA) is 32.3 Å². The number of carbonyl (C=O) groups excluding carboxylic acids is 1. The number of amides is 1. The Morgan fingerprint density at radius 1 is 1.40 bits per heavy atom. The molecule has 0 saturated carbocycles. The van der Waals surface area contributed by atoms with Crippen molar-refractivity contribution in [2.75, 3.05) is 26.2 Å². The molecule has 0 aromatic heterocycles. The van der Waals surface area contributed by atoms with Crippen LogP contribution >= 0.6 is 28.3 Å². The average molecular weight is 364 g/mol. The van der Waals surface area contributed by atoms with E-state index < -0.39 is 0 Å². The Bertz CT molecular complexity index is 520. The molecule has 110 valence electrons. The molecule has 2 heterocycles. The molecule has 2 fully saturated rings. The Kier molecular flexibility index (Phi) is 4.72. The minimum absolute atomic E-state index is 0. The van der Waals surface area contributed by atoms with Gasteiger partial charge in [0.25, 0.3) is 5.91 Å². The first-order chi connectivity index (χ1) is 9.10. The SMILES string of the molecule is Cl.O=C(c1ccc(F)cc1Br)N1CCC2(CCNC2)C1. The summed E-state index contributed by atoms with van der Waals surface area (Å²) in [7, 11) is 0. The maximum atomic E-state index is 13.1. The summed E-state index contributed by atoms with van der Waals surface area (Å²) in [5, 5.41) is 3.38. The van der Waals surface area contributed by atoms with E-state index in [1.807, 2.05) is 4.90 Å². The molecule has 2 aliphatic heterocycles. The first-order valence-electron chi connectivity index (χ1n) is 6.55. The first-order valence-corrected chi connectivity index (χ1v) is 7.34. The van der Waals surface area contributed by atoms with Gasteiger partial charge in [0, 0.05) is 29.5 Å². The van der Waals surface area contributed by atoms with E-state index >= 15 is 0 Å². The first kappa shape index (κ1) is 15.7. The van der Waals surface area contributed by atoms with Gasteiger partial charge in [0.1, 0.15) is 5.82 Å². The third-order valence-electron chi connectivity index (χ3n) is 4.22. The second-order valence-corrected chi connectivity index (χ2v) is 6.38. The number of nitrogens with one attached hydrogen (secondary N) is 1. The fourth-order valence-electron chi connectivity index (χ4n) is 3.09. The zero-order valence-electron chi connectivity index (χ0n) is 11.0. The normalized spacial score (nSPS) is 25.0. The number of nitrogens with zero attached hydrogens (tertiary/aromatic N) is 1. The van der Waals surface area contributed by atoms with Crippen LogP contribution in [-0.2, 0) is 0 Å². The number of likely N-dealkylation sites (tertiary alicyclic amines) is 1. The Labute approximate surface area is 132 Å². The minimum Gasteiger partial charge on any atom is -0.338 e. The molecule has 1 spiro atoms.